The van der Waals surface area contributed by atoms with Crippen molar-refractivity contribution in [1.29, 1.82) is 0 Å². The van der Waals surface area contributed by atoms with Crippen molar-refractivity contribution >= 4 is 6.21 Å². The highest BCUT2D eigenvalue weighted by Gasteiger charge is 2.22. The summed E-state index contributed by atoms with van der Waals surface area (Å²) in [7, 11) is 0. The fraction of sp³-hybridized carbons (Fsp3) is 0.286. The van der Waals surface area contributed by atoms with Gasteiger partial charge >= 0.3 is 0 Å². The summed E-state index contributed by atoms with van der Waals surface area (Å²) in [5.41, 5.74) is 9.27. The molecule has 0 radical (unpaired) electrons. The molecule has 2 aromatic carbocycles. The molecule has 0 spiro atoms. The molecule has 0 unspecified atom stereocenters. The standard InChI is InChI=1S/C21H25N3O/c22-13-20(15-23-14-18-7-3-1-4-8-18)21-17-24(11-12-25-21)16-19-9-5-2-6-10-19/h1-10,13,15,21H,11-12,14,16-17,22H2/t21-/m1/s1. The van der Waals surface area contributed by atoms with E-state index < -0.39 is 0 Å². The molecule has 2 N–H and O–H groups in total. The summed E-state index contributed by atoms with van der Waals surface area (Å²) in [6, 6.07) is 20.7. The fourth-order valence-corrected chi connectivity index (χ4v) is 2.96. The molecule has 1 fully saturated rings. The van der Waals surface area contributed by atoms with Crippen LogP contribution in [0.15, 0.2) is 77.4 Å². The third-order valence-corrected chi connectivity index (χ3v) is 4.32. The lowest BCUT2D eigenvalue weighted by Gasteiger charge is -2.33. The summed E-state index contributed by atoms with van der Waals surface area (Å²) < 4.78 is 5.92. The van der Waals surface area contributed by atoms with E-state index in [1.807, 2.05) is 30.5 Å². The number of nitrogens with zero attached hydrogens (tertiary/aromatic N) is 2. The van der Waals surface area contributed by atoms with Crippen molar-refractivity contribution in [3.05, 3.63) is 83.6 Å². The summed E-state index contributed by atoms with van der Waals surface area (Å²) in [5, 5.41) is 0. The Kier molecular flexibility index (Phi) is 6.37. The summed E-state index contributed by atoms with van der Waals surface area (Å²) >= 11 is 0. The van der Waals surface area contributed by atoms with Gasteiger partial charge in [-0.15, -0.1) is 0 Å². The number of benzene rings is 2. The van der Waals surface area contributed by atoms with Gasteiger partial charge in [0.05, 0.1) is 19.3 Å². The van der Waals surface area contributed by atoms with Gasteiger partial charge in [0.25, 0.3) is 0 Å². The smallest absolute Gasteiger partial charge is 0.0981 e. The second kappa shape index (κ2) is 9.16. The van der Waals surface area contributed by atoms with E-state index in [9.17, 15) is 0 Å². The van der Waals surface area contributed by atoms with Crippen LogP contribution >= 0.6 is 0 Å². The number of hydrogen-bond acceptors (Lipinski definition) is 4. The molecule has 1 atom stereocenters. The number of nitrogens with two attached hydrogens (primary N) is 1. The minimum Gasteiger partial charge on any atom is -0.404 e. The molecule has 1 aliphatic rings. The first-order valence-electron chi connectivity index (χ1n) is 8.68. The number of hydrogen-bond donors (Lipinski definition) is 1. The highest BCUT2D eigenvalue weighted by molar-refractivity contribution is 5.79. The van der Waals surface area contributed by atoms with Crippen LogP contribution in [0, 0.1) is 0 Å². The molecule has 0 aliphatic carbocycles. The number of ether oxygens (including phenoxy) is 1. The molecule has 130 valence electrons. The van der Waals surface area contributed by atoms with E-state index >= 15 is 0 Å². The second-order valence-electron chi connectivity index (χ2n) is 6.20. The number of aliphatic imine (C=N–C) groups is 1. The molecular weight excluding hydrogens is 310 g/mol. The van der Waals surface area contributed by atoms with E-state index in [4.69, 9.17) is 10.5 Å². The molecule has 25 heavy (non-hydrogen) atoms. The van der Waals surface area contributed by atoms with Gasteiger partial charge in [0.1, 0.15) is 0 Å². The predicted molar refractivity (Wildman–Crippen MR) is 102 cm³/mol. The zero-order valence-corrected chi connectivity index (χ0v) is 14.4. The van der Waals surface area contributed by atoms with Gasteiger partial charge in [-0.2, -0.15) is 0 Å². The molecular formula is C21H25N3O. The molecule has 0 aromatic heterocycles. The Bertz CT molecular complexity index is 698. The van der Waals surface area contributed by atoms with Crippen molar-refractivity contribution in [3.8, 4) is 0 Å². The molecule has 1 aliphatic heterocycles. The van der Waals surface area contributed by atoms with Crippen LogP contribution in [0.25, 0.3) is 0 Å². The van der Waals surface area contributed by atoms with Crippen LogP contribution in [0.5, 0.6) is 0 Å². The molecule has 4 heteroatoms. The third-order valence-electron chi connectivity index (χ3n) is 4.32. The molecule has 0 amide bonds. The zero-order valence-electron chi connectivity index (χ0n) is 14.4. The maximum absolute atomic E-state index is 5.92. The van der Waals surface area contributed by atoms with Crippen molar-refractivity contribution in [2.45, 2.75) is 19.2 Å². The van der Waals surface area contributed by atoms with E-state index in [0.29, 0.717) is 13.2 Å². The molecule has 2 aromatic rings. The highest BCUT2D eigenvalue weighted by atomic mass is 16.5. The largest absolute Gasteiger partial charge is 0.404 e. The van der Waals surface area contributed by atoms with Crippen LogP contribution in [0.4, 0.5) is 0 Å². The van der Waals surface area contributed by atoms with Crippen LogP contribution < -0.4 is 5.73 Å². The minimum atomic E-state index is -0.0259. The van der Waals surface area contributed by atoms with Crippen LogP contribution in [0.1, 0.15) is 11.1 Å². The summed E-state index contributed by atoms with van der Waals surface area (Å²) in [5.74, 6) is 0. The van der Waals surface area contributed by atoms with Gasteiger partial charge < -0.3 is 10.5 Å². The summed E-state index contributed by atoms with van der Waals surface area (Å²) in [4.78, 5) is 6.93. The molecule has 1 saturated heterocycles. The van der Waals surface area contributed by atoms with Crippen molar-refractivity contribution in [1.82, 2.24) is 4.90 Å². The van der Waals surface area contributed by atoms with E-state index in [1.54, 1.807) is 6.20 Å². The predicted octanol–water partition coefficient (Wildman–Crippen LogP) is 3.00. The highest BCUT2D eigenvalue weighted by Crippen LogP contribution is 2.15. The monoisotopic (exact) mass is 335 g/mol. The van der Waals surface area contributed by atoms with E-state index in [1.165, 1.54) is 11.1 Å². The lowest BCUT2D eigenvalue weighted by molar-refractivity contribution is -0.00939. The average Bonchev–Trinajstić information content (AvgIpc) is 2.67. The van der Waals surface area contributed by atoms with E-state index in [-0.39, 0.29) is 6.10 Å². The molecule has 3 rings (SSSR count). The van der Waals surface area contributed by atoms with Gasteiger partial charge in [0, 0.05) is 37.6 Å². The van der Waals surface area contributed by atoms with Crippen molar-refractivity contribution in [2.75, 3.05) is 19.7 Å². The Morgan fingerprint density at radius 1 is 1.08 bits per heavy atom. The normalized spacial score (nSPS) is 19.4. The Balaban J connectivity index is 1.57. The van der Waals surface area contributed by atoms with Crippen LogP contribution in [-0.4, -0.2) is 36.9 Å². The minimum absolute atomic E-state index is 0.0259. The Morgan fingerprint density at radius 2 is 1.76 bits per heavy atom. The molecule has 0 bridgehead atoms. The molecule has 0 saturated carbocycles. The summed E-state index contributed by atoms with van der Waals surface area (Å²) in [6.07, 6.45) is 3.44. The second-order valence-corrected chi connectivity index (χ2v) is 6.20. The van der Waals surface area contributed by atoms with Crippen LogP contribution in [-0.2, 0) is 17.8 Å². The van der Waals surface area contributed by atoms with Gasteiger partial charge in [-0.25, -0.2) is 0 Å². The lowest BCUT2D eigenvalue weighted by atomic mass is 10.1. The fourth-order valence-electron chi connectivity index (χ4n) is 2.96. The quantitative estimate of drug-likeness (QED) is 0.826. The van der Waals surface area contributed by atoms with Gasteiger partial charge in [0.2, 0.25) is 0 Å². The summed E-state index contributed by atoms with van der Waals surface area (Å²) in [6.45, 7) is 4.05. The van der Waals surface area contributed by atoms with Crippen molar-refractivity contribution in [3.63, 3.8) is 0 Å². The van der Waals surface area contributed by atoms with Crippen LogP contribution in [0.3, 0.4) is 0 Å². The maximum Gasteiger partial charge on any atom is 0.0981 e. The average molecular weight is 335 g/mol. The molecule has 1 heterocycles. The maximum atomic E-state index is 5.92. The SMILES string of the molecule is NC=C(C=NCc1ccccc1)[C@H]1CN(Cc2ccccc2)CCO1. The zero-order chi connectivity index (χ0) is 17.3. The van der Waals surface area contributed by atoms with Gasteiger partial charge in [-0.05, 0) is 11.1 Å². The van der Waals surface area contributed by atoms with Crippen LogP contribution in [0.2, 0.25) is 0 Å². The first-order chi connectivity index (χ1) is 12.3. The van der Waals surface area contributed by atoms with E-state index in [0.717, 1.165) is 25.2 Å². The number of rotatable bonds is 6. The Labute approximate surface area is 149 Å². The molecule has 4 nitrogen and oxygen atoms in total. The van der Waals surface area contributed by atoms with Gasteiger partial charge in [0.15, 0.2) is 0 Å². The Morgan fingerprint density at radius 3 is 2.44 bits per heavy atom. The Hall–Kier alpha value is -2.43. The third kappa shape index (κ3) is 5.28. The lowest BCUT2D eigenvalue weighted by Crippen LogP contribution is -2.43. The first kappa shape index (κ1) is 17.4. The van der Waals surface area contributed by atoms with Gasteiger partial charge in [-0.3, -0.25) is 9.89 Å². The number of morpholine rings is 1. The van der Waals surface area contributed by atoms with Gasteiger partial charge in [-0.1, -0.05) is 60.7 Å². The topological polar surface area (TPSA) is 50.8 Å². The first-order valence-corrected chi connectivity index (χ1v) is 8.68. The van der Waals surface area contributed by atoms with E-state index in [2.05, 4.69) is 46.3 Å². The van der Waals surface area contributed by atoms with Crippen molar-refractivity contribution in [2.24, 2.45) is 10.7 Å². The van der Waals surface area contributed by atoms with Crippen molar-refractivity contribution < 1.29 is 4.74 Å².